The van der Waals surface area contributed by atoms with Crippen LogP contribution in [0.25, 0.3) is 11.1 Å². The molecule has 150 valence electrons. The topological polar surface area (TPSA) is 47.1 Å². The second kappa shape index (κ2) is 8.27. The number of piperidine rings is 1. The fourth-order valence-corrected chi connectivity index (χ4v) is 4.41. The maximum absolute atomic E-state index is 5.51. The number of hydrogen-bond acceptors (Lipinski definition) is 6. The van der Waals surface area contributed by atoms with Gasteiger partial charge in [0, 0.05) is 37.9 Å². The predicted molar refractivity (Wildman–Crippen MR) is 111 cm³/mol. The third kappa shape index (κ3) is 3.74. The largest absolute Gasteiger partial charge is 0.493 e. The smallest absolute Gasteiger partial charge is 0.203 e. The number of fused-ring (bicyclic) bond motifs is 2. The van der Waals surface area contributed by atoms with Crippen LogP contribution in [0.1, 0.15) is 12.8 Å². The lowest BCUT2D eigenvalue weighted by molar-refractivity contribution is 0.201. The summed E-state index contributed by atoms with van der Waals surface area (Å²) < 4.78 is 16.5. The molecule has 0 N–H and O–H groups in total. The fraction of sp³-hybridized carbons (Fsp3) is 0.500. The zero-order chi connectivity index (χ0) is 19.5. The van der Waals surface area contributed by atoms with Crippen LogP contribution in [0.2, 0.25) is 0 Å². The maximum atomic E-state index is 5.51. The minimum atomic E-state index is 0.603. The van der Waals surface area contributed by atoms with Crippen molar-refractivity contribution in [2.24, 2.45) is 5.92 Å². The van der Waals surface area contributed by atoms with Crippen LogP contribution in [-0.2, 0) is 0 Å². The molecule has 6 heteroatoms. The summed E-state index contributed by atoms with van der Waals surface area (Å²) in [6.45, 7) is 5.77. The Morgan fingerprint density at radius 2 is 1.64 bits per heavy atom. The predicted octanol–water partition coefficient (Wildman–Crippen LogP) is 3.31. The Labute approximate surface area is 167 Å². The molecule has 0 radical (unpaired) electrons. The molecule has 1 aromatic heterocycles. The quantitative estimate of drug-likeness (QED) is 0.790. The lowest BCUT2D eigenvalue weighted by Gasteiger charge is -2.29. The molecule has 0 amide bonds. The summed E-state index contributed by atoms with van der Waals surface area (Å²) in [5.74, 6) is 2.66. The van der Waals surface area contributed by atoms with Crippen molar-refractivity contribution in [1.29, 1.82) is 0 Å². The van der Waals surface area contributed by atoms with E-state index >= 15 is 0 Å². The standard InChI is InChI=1S/C22H29N3O3/c1-26-20-10-17(11-21(27-2)22(20)28-3)18-9-19(13-23-12-18)25-8-7-24-6-4-5-16(14-24)15-25/h9-13,16H,4-8,14-15H2,1-3H3. The van der Waals surface area contributed by atoms with Crippen molar-refractivity contribution in [3.63, 3.8) is 0 Å². The second-order valence-electron chi connectivity index (χ2n) is 7.60. The summed E-state index contributed by atoms with van der Waals surface area (Å²) in [5, 5.41) is 0. The van der Waals surface area contributed by atoms with Gasteiger partial charge >= 0.3 is 0 Å². The van der Waals surface area contributed by atoms with Crippen LogP contribution in [0.5, 0.6) is 17.2 Å². The molecule has 2 saturated heterocycles. The number of hydrogen-bond donors (Lipinski definition) is 0. The van der Waals surface area contributed by atoms with Crippen LogP contribution in [0.15, 0.2) is 30.6 Å². The molecule has 0 saturated carbocycles. The van der Waals surface area contributed by atoms with Crippen molar-refractivity contribution in [2.45, 2.75) is 12.8 Å². The van der Waals surface area contributed by atoms with Crippen molar-refractivity contribution >= 4 is 5.69 Å². The number of aromatic nitrogens is 1. The van der Waals surface area contributed by atoms with E-state index in [1.165, 1.54) is 31.6 Å². The van der Waals surface area contributed by atoms with E-state index in [0.717, 1.165) is 36.7 Å². The minimum Gasteiger partial charge on any atom is -0.493 e. The van der Waals surface area contributed by atoms with Gasteiger partial charge in [-0.3, -0.25) is 4.98 Å². The first-order valence-corrected chi connectivity index (χ1v) is 9.94. The van der Waals surface area contributed by atoms with E-state index in [0.29, 0.717) is 17.2 Å². The van der Waals surface area contributed by atoms with Gasteiger partial charge in [-0.05, 0) is 49.1 Å². The number of rotatable bonds is 5. The van der Waals surface area contributed by atoms with Crippen molar-refractivity contribution < 1.29 is 14.2 Å². The third-order valence-electron chi connectivity index (χ3n) is 5.85. The first-order chi connectivity index (χ1) is 13.7. The van der Waals surface area contributed by atoms with E-state index in [9.17, 15) is 0 Å². The number of ether oxygens (including phenoxy) is 3. The van der Waals surface area contributed by atoms with Gasteiger partial charge in [0.15, 0.2) is 11.5 Å². The fourth-order valence-electron chi connectivity index (χ4n) is 4.41. The van der Waals surface area contributed by atoms with Crippen molar-refractivity contribution in [3.05, 3.63) is 30.6 Å². The first-order valence-electron chi connectivity index (χ1n) is 9.94. The molecule has 2 aliphatic rings. The van der Waals surface area contributed by atoms with E-state index in [1.54, 1.807) is 21.3 Å². The monoisotopic (exact) mass is 383 g/mol. The number of methoxy groups -OCH3 is 3. The number of benzene rings is 1. The highest BCUT2D eigenvalue weighted by Gasteiger charge is 2.26. The second-order valence-corrected chi connectivity index (χ2v) is 7.60. The van der Waals surface area contributed by atoms with Gasteiger partial charge in [0.2, 0.25) is 5.75 Å². The van der Waals surface area contributed by atoms with Crippen LogP contribution in [0.4, 0.5) is 5.69 Å². The Hall–Kier alpha value is -2.47. The van der Waals surface area contributed by atoms with Gasteiger partial charge in [0.1, 0.15) is 0 Å². The summed E-state index contributed by atoms with van der Waals surface area (Å²) >= 11 is 0. The Morgan fingerprint density at radius 1 is 0.857 bits per heavy atom. The van der Waals surface area contributed by atoms with E-state index in [2.05, 4.69) is 20.9 Å². The number of nitrogens with zero attached hydrogens (tertiary/aromatic N) is 3. The van der Waals surface area contributed by atoms with Crippen molar-refractivity contribution in [1.82, 2.24) is 9.88 Å². The zero-order valence-corrected chi connectivity index (χ0v) is 17.0. The third-order valence-corrected chi connectivity index (χ3v) is 5.85. The molecule has 2 atom stereocenters. The summed E-state index contributed by atoms with van der Waals surface area (Å²) in [4.78, 5) is 9.63. The average Bonchev–Trinajstić information content (AvgIpc) is 2.90. The minimum absolute atomic E-state index is 0.603. The van der Waals surface area contributed by atoms with Crippen LogP contribution >= 0.6 is 0 Å². The summed E-state index contributed by atoms with van der Waals surface area (Å²) in [6, 6.07) is 6.17. The van der Waals surface area contributed by atoms with Crippen LogP contribution in [0, 0.1) is 5.92 Å². The van der Waals surface area contributed by atoms with E-state index in [4.69, 9.17) is 14.2 Å². The maximum Gasteiger partial charge on any atom is 0.203 e. The molecule has 2 fully saturated rings. The highest BCUT2D eigenvalue weighted by atomic mass is 16.5. The molecule has 1 aromatic carbocycles. The number of pyridine rings is 1. The van der Waals surface area contributed by atoms with Crippen LogP contribution < -0.4 is 19.1 Å². The molecule has 2 aliphatic heterocycles. The zero-order valence-electron chi connectivity index (χ0n) is 17.0. The van der Waals surface area contributed by atoms with Gasteiger partial charge in [-0.25, -0.2) is 0 Å². The normalized spacial score (nSPS) is 21.8. The number of anilines is 1. The first kappa shape index (κ1) is 18.9. The molecule has 3 heterocycles. The molecular weight excluding hydrogens is 354 g/mol. The van der Waals surface area contributed by atoms with Crippen molar-refractivity contribution in [3.8, 4) is 28.4 Å². The van der Waals surface area contributed by atoms with Gasteiger partial charge in [0.25, 0.3) is 0 Å². The van der Waals surface area contributed by atoms with E-state index < -0.39 is 0 Å². The molecule has 28 heavy (non-hydrogen) atoms. The van der Waals surface area contributed by atoms with Gasteiger partial charge < -0.3 is 24.0 Å². The van der Waals surface area contributed by atoms with E-state index in [-0.39, 0.29) is 0 Å². The molecule has 2 bridgehead atoms. The van der Waals surface area contributed by atoms with Crippen LogP contribution in [0.3, 0.4) is 0 Å². The summed E-state index contributed by atoms with van der Waals surface area (Å²) in [5.41, 5.74) is 3.23. The van der Waals surface area contributed by atoms with Gasteiger partial charge in [-0.15, -0.1) is 0 Å². The molecule has 6 nitrogen and oxygen atoms in total. The van der Waals surface area contributed by atoms with E-state index in [1.807, 2.05) is 24.5 Å². The molecule has 2 unspecified atom stereocenters. The Kier molecular flexibility index (Phi) is 5.57. The molecule has 4 rings (SSSR count). The Bertz CT molecular complexity index is 801. The van der Waals surface area contributed by atoms with Gasteiger partial charge in [-0.2, -0.15) is 0 Å². The van der Waals surface area contributed by atoms with Crippen LogP contribution in [-0.4, -0.2) is 63.9 Å². The lowest BCUT2D eigenvalue weighted by Crippen LogP contribution is -2.35. The lowest BCUT2D eigenvalue weighted by atomic mass is 9.98. The average molecular weight is 383 g/mol. The van der Waals surface area contributed by atoms with Gasteiger partial charge in [-0.1, -0.05) is 0 Å². The molecule has 0 aliphatic carbocycles. The highest BCUT2D eigenvalue weighted by molar-refractivity contribution is 5.73. The summed E-state index contributed by atoms with van der Waals surface area (Å²) in [6.07, 6.45) is 6.52. The summed E-state index contributed by atoms with van der Waals surface area (Å²) in [7, 11) is 4.90. The SMILES string of the molecule is COc1cc(-c2cncc(N3CCN4CCCC(C4)C3)c2)cc(OC)c1OC. The highest BCUT2D eigenvalue weighted by Crippen LogP contribution is 2.41. The van der Waals surface area contributed by atoms with Gasteiger partial charge in [0.05, 0.1) is 33.2 Å². The van der Waals surface area contributed by atoms with Crippen molar-refractivity contribution in [2.75, 3.05) is 59.0 Å². The molecule has 0 spiro atoms. The molecular formula is C22H29N3O3. The molecule has 2 aromatic rings. The Balaban J connectivity index is 1.65. The Morgan fingerprint density at radius 3 is 2.36 bits per heavy atom.